The van der Waals surface area contributed by atoms with Gasteiger partial charge in [0.15, 0.2) is 0 Å². The van der Waals surface area contributed by atoms with Crippen LogP contribution in [0.2, 0.25) is 0 Å². The molecule has 0 aliphatic rings. The van der Waals surface area contributed by atoms with Crippen LogP contribution in [0, 0.1) is 0 Å². The minimum absolute atomic E-state index is 0.129. The summed E-state index contributed by atoms with van der Waals surface area (Å²) >= 11 is 0. The number of hydrogen-bond donors (Lipinski definition) is 1. The van der Waals surface area contributed by atoms with Gasteiger partial charge in [0.1, 0.15) is 0 Å². The molecule has 12 heavy (non-hydrogen) atoms. The fraction of sp³-hybridized carbons (Fsp3) is 0.273. The van der Waals surface area contributed by atoms with Crippen LogP contribution in [0.25, 0.3) is 0 Å². The predicted octanol–water partition coefficient (Wildman–Crippen LogP) is 2.30. The molecule has 1 aromatic rings. The summed E-state index contributed by atoms with van der Waals surface area (Å²) in [4.78, 5) is 0. The highest BCUT2D eigenvalue weighted by Crippen LogP contribution is 2.06. The lowest BCUT2D eigenvalue weighted by Crippen LogP contribution is -1.86. The van der Waals surface area contributed by atoms with Crippen molar-refractivity contribution in [1.82, 2.24) is 0 Å². The van der Waals surface area contributed by atoms with E-state index in [0.717, 1.165) is 12.0 Å². The Morgan fingerprint density at radius 1 is 1.33 bits per heavy atom. The first kappa shape index (κ1) is 9.01. The Hall–Kier alpha value is -1.08. The number of allylic oxidation sites excluding steroid dienone is 2. The summed E-state index contributed by atoms with van der Waals surface area (Å²) in [6.07, 6.45) is 5.09. The quantitative estimate of drug-likeness (QED) is 0.676. The third kappa shape index (κ3) is 2.51. The van der Waals surface area contributed by atoms with Crippen molar-refractivity contribution in [3.63, 3.8) is 0 Å². The summed E-state index contributed by atoms with van der Waals surface area (Å²) in [6.45, 7) is 2.14. The molecular weight excluding hydrogens is 148 g/mol. The normalized spacial score (nSPS) is 10.8. The Morgan fingerprint density at radius 3 is 2.75 bits per heavy atom. The molecule has 0 saturated heterocycles. The van der Waals surface area contributed by atoms with Crippen LogP contribution in [0.3, 0.4) is 0 Å². The smallest absolute Gasteiger partial charge is 0.0681 e. The molecule has 0 heterocycles. The van der Waals surface area contributed by atoms with Crippen LogP contribution in [0.5, 0.6) is 0 Å². The first-order valence-corrected chi connectivity index (χ1v) is 4.16. The average Bonchev–Trinajstić information content (AvgIpc) is 2.15. The maximum absolute atomic E-state index is 8.87. The van der Waals surface area contributed by atoms with E-state index >= 15 is 0 Å². The monoisotopic (exact) mass is 162 g/mol. The highest BCUT2D eigenvalue weighted by atomic mass is 16.3. The third-order valence-electron chi connectivity index (χ3n) is 1.76. The van der Waals surface area contributed by atoms with E-state index in [0.29, 0.717) is 0 Å². The molecule has 0 fully saturated rings. The van der Waals surface area contributed by atoms with Crippen molar-refractivity contribution in [1.29, 1.82) is 0 Å². The van der Waals surface area contributed by atoms with Crippen molar-refractivity contribution in [2.24, 2.45) is 0 Å². The van der Waals surface area contributed by atoms with Gasteiger partial charge >= 0.3 is 0 Å². The van der Waals surface area contributed by atoms with Gasteiger partial charge in [0, 0.05) is 0 Å². The topological polar surface area (TPSA) is 20.2 Å². The Bertz CT molecular complexity index is 263. The van der Waals surface area contributed by atoms with Crippen LogP contribution >= 0.6 is 0 Å². The molecule has 1 N–H and O–H groups in total. The van der Waals surface area contributed by atoms with Gasteiger partial charge in [-0.1, -0.05) is 36.4 Å². The second-order valence-corrected chi connectivity index (χ2v) is 2.75. The number of rotatable bonds is 3. The van der Waals surface area contributed by atoms with Crippen LogP contribution in [0.1, 0.15) is 18.1 Å². The summed E-state index contributed by atoms with van der Waals surface area (Å²) in [6, 6.07) is 8.00. The second-order valence-electron chi connectivity index (χ2n) is 2.75. The van der Waals surface area contributed by atoms with Gasteiger partial charge in [-0.15, -0.1) is 0 Å². The van der Waals surface area contributed by atoms with E-state index in [2.05, 4.69) is 12.1 Å². The number of aliphatic hydroxyl groups is 1. The molecule has 0 unspecified atom stereocenters. The summed E-state index contributed by atoms with van der Waals surface area (Å²) in [5, 5.41) is 8.87. The van der Waals surface area contributed by atoms with E-state index in [1.54, 1.807) is 0 Å². The Morgan fingerprint density at radius 2 is 2.08 bits per heavy atom. The SMILES string of the molecule is C/C=C/Cc1cccc(CO)c1. The van der Waals surface area contributed by atoms with Crippen molar-refractivity contribution < 1.29 is 5.11 Å². The molecule has 1 aromatic carbocycles. The van der Waals surface area contributed by atoms with Crippen molar-refractivity contribution >= 4 is 0 Å². The molecule has 0 aliphatic heterocycles. The third-order valence-corrected chi connectivity index (χ3v) is 1.76. The zero-order chi connectivity index (χ0) is 8.81. The van der Waals surface area contributed by atoms with Gasteiger partial charge in [0.2, 0.25) is 0 Å². The number of hydrogen-bond acceptors (Lipinski definition) is 1. The standard InChI is InChI=1S/C11H14O/c1-2-3-5-10-6-4-7-11(8-10)9-12/h2-4,6-8,12H,5,9H2,1H3/b3-2+. The predicted molar refractivity (Wildman–Crippen MR) is 50.9 cm³/mol. The summed E-state index contributed by atoms with van der Waals surface area (Å²) in [5.41, 5.74) is 2.23. The van der Waals surface area contributed by atoms with Gasteiger partial charge in [-0.25, -0.2) is 0 Å². The molecule has 0 atom stereocenters. The van der Waals surface area contributed by atoms with Crippen molar-refractivity contribution in [2.45, 2.75) is 20.0 Å². The minimum atomic E-state index is 0.129. The highest BCUT2D eigenvalue weighted by Gasteiger charge is 1.91. The molecular formula is C11H14O. The van der Waals surface area contributed by atoms with Gasteiger partial charge < -0.3 is 5.11 Å². The highest BCUT2D eigenvalue weighted by molar-refractivity contribution is 5.24. The lowest BCUT2D eigenvalue weighted by molar-refractivity contribution is 0.282. The maximum atomic E-state index is 8.87. The molecule has 0 amide bonds. The minimum Gasteiger partial charge on any atom is -0.392 e. The van der Waals surface area contributed by atoms with Crippen LogP contribution in [0.15, 0.2) is 36.4 Å². The summed E-state index contributed by atoms with van der Waals surface area (Å²) in [5.74, 6) is 0. The number of benzene rings is 1. The summed E-state index contributed by atoms with van der Waals surface area (Å²) < 4.78 is 0. The largest absolute Gasteiger partial charge is 0.392 e. The molecule has 0 bridgehead atoms. The average molecular weight is 162 g/mol. The van der Waals surface area contributed by atoms with E-state index in [1.165, 1.54) is 5.56 Å². The van der Waals surface area contributed by atoms with E-state index in [1.807, 2.05) is 31.2 Å². The molecule has 0 aliphatic carbocycles. The second kappa shape index (κ2) is 4.73. The van der Waals surface area contributed by atoms with Gasteiger partial charge in [-0.05, 0) is 24.5 Å². The molecule has 0 saturated carbocycles. The molecule has 0 radical (unpaired) electrons. The molecule has 0 aromatic heterocycles. The zero-order valence-electron chi connectivity index (χ0n) is 7.33. The van der Waals surface area contributed by atoms with E-state index in [9.17, 15) is 0 Å². The fourth-order valence-electron chi connectivity index (χ4n) is 1.11. The van der Waals surface area contributed by atoms with Gasteiger partial charge in [-0.3, -0.25) is 0 Å². The first-order chi connectivity index (χ1) is 5.86. The fourth-order valence-corrected chi connectivity index (χ4v) is 1.11. The molecule has 0 spiro atoms. The van der Waals surface area contributed by atoms with Crippen molar-refractivity contribution in [3.8, 4) is 0 Å². The maximum Gasteiger partial charge on any atom is 0.0681 e. The Balaban J connectivity index is 2.72. The van der Waals surface area contributed by atoms with Gasteiger partial charge in [0.05, 0.1) is 6.61 Å². The zero-order valence-corrected chi connectivity index (χ0v) is 7.33. The van der Waals surface area contributed by atoms with Crippen LogP contribution in [-0.4, -0.2) is 5.11 Å². The Kier molecular flexibility index (Phi) is 3.55. The molecule has 1 heteroatoms. The van der Waals surface area contributed by atoms with E-state index in [4.69, 9.17) is 5.11 Å². The Labute approximate surface area is 73.4 Å². The van der Waals surface area contributed by atoms with E-state index < -0.39 is 0 Å². The van der Waals surface area contributed by atoms with Crippen molar-refractivity contribution in [2.75, 3.05) is 0 Å². The molecule has 64 valence electrons. The number of aliphatic hydroxyl groups excluding tert-OH is 1. The van der Waals surface area contributed by atoms with Gasteiger partial charge in [0.25, 0.3) is 0 Å². The lowest BCUT2D eigenvalue weighted by atomic mass is 10.1. The van der Waals surface area contributed by atoms with Crippen molar-refractivity contribution in [3.05, 3.63) is 47.5 Å². The molecule has 1 nitrogen and oxygen atoms in total. The molecule has 1 rings (SSSR count). The van der Waals surface area contributed by atoms with Crippen LogP contribution in [0.4, 0.5) is 0 Å². The lowest BCUT2D eigenvalue weighted by Gasteiger charge is -1.99. The van der Waals surface area contributed by atoms with Crippen LogP contribution in [-0.2, 0) is 13.0 Å². The first-order valence-electron chi connectivity index (χ1n) is 4.16. The van der Waals surface area contributed by atoms with Gasteiger partial charge in [-0.2, -0.15) is 0 Å². The summed E-state index contributed by atoms with van der Waals surface area (Å²) in [7, 11) is 0. The van der Waals surface area contributed by atoms with Crippen LogP contribution < -0.4 is 0 Å². The van der Waals surface area contributed by atoms with E-state index in [-0.39, 0.29) is 6.61 Å².